The summed E-state index contributed by atoms with van der Waals surface area (Å²) >= 11 is 0. The first kappa shape index (κ1) is 14.8. The Balaban J connectivity index is 1.94. The molecular weight excluding hydrogens is 240 g/mol. The molecule has 4 nitrogen and oxygen atoms in total. The van der Waals surface area contributed by atoms with Crippen molar-refractivity contribution in [3.8, 4) is 0 Å². The summed E-state index contributed by atoms with van der Waals surface area (Å²) in [5, 5.41) is 9.81. The lowest BCUT2D eigenvalue weighted by molar-refractivity contribution is -0.143. The Labute approximate surface area is 116 Å². The van der Waals surface area contributed by atoms with Gasteiger partial charge in [0, 0.05) is 25.0 Å². The van der Waals surface area contributed by atoms with Gasteiger partial charge in [0.25, 0.3) is 0 Å². The van der Waals surface area contributed by atoms with Crippen LogP contribution in [0.2, 0.25) is 0 Å². The molecule has 2 aliphatic heterocycles. The molecule has 1 N–H and O–H groups in total. The standard InChI is InChI=1S/C15H28N2O2/c1-15(2)7-6-13(18)11-17(15)14(19)9-12-5-4-8-16(3)10-12/h12-13,18H,4-11H2,1-3H3. The van der Waals surface area contributed by atoms with E-state index in [2.05, 4.69) is 25.8 Å². The first-order valence-electron chi connectivity index (χ1n) is 7.55. The molecule has 2 saturated heterocycles. The molecule has 4 heteroatoms. The van der Waals surface area contributed by atoms with Crippen molar-refractivity contribution < 1.29 is 9.90 Å². The van der Waals surface area contributed by atoms with Gasteiger partial charge in [-0.15, -0.1) is 0 Å². The molecule has 0 aromatic carbocycles. The Morgan fingerprint density at radius 1 is 1.32 bits per heavy atom. The van der Waals surface area contributed by atoms with Crippen LogP contribution in [0.25, 0.3) is 0 Å². The van der Waals surface area contributed by atoms with E-state index < -0.39 is 0 Å². The van der Waals surface area contributed by atoms with E-state index in [0.29, 0.717) is 18.9 Å². The normalized spacial score (nSPS) is 32.3. The molecule has 2 atom stereocenters. The largest absolute Gasteiger partial charge is 0.391 e. The molecule has 0 radical (unpaired) electrons. The van der Waals surface area contributed by atoms with E-state index in [1.807, 2.05) is 4.90 Å². The number of hydrogen-bond acceptors (Lipinski definition) is 3. The summed E-state index contributed by atoms with van der Waals surface area (Å²) in [4.78, 5) is 16.8. The topological polar surface area (TPSA) is 43.8 Å². The summed E-state index contributed by atoms with van der Waals surface area (Å²) in [7, 11) is 2.13. The lowest BCUT2D eigenvalue weighted by atomic mass is 9.87. The lowest BCUT2D eigenvalue weighted by Crippen LogP contribution is -2.55. The number of hydrogen-bond donors (Lipinski definition) is 1. The molecule has 1 amide bonds. The zero-order chi connectivity index (χ0) is 14.0. The second-order valence-electron chi connectivity index (χ2n) is 6.98. The third kappa shape index (κ3) is 3.69. The maximum atomic E-state index is 12.5. The zero-order valence-electron chi connectivity index (χ0n) is 12.6. The first-order valence-corrected chi connectivity index (χ1v) is 7.55. The number of β-amino-alcohol motifs (C(OH)–C–C–N with tert-alkyl or cyclic N) is 1. The van der Waals surface area contributed by atoms with Gasteiger partial charge in [0.05, 0.1) is 6.10 Å². The molecule has 110 valence electrons. The van der Waals surface area contributed by atoms with E-state index in [-0.39, 0.29) is 17.6 Å². The van der Waals surface area contributed by atoms with Crippen LogP contribution in [0.5, 0.6) is 0 Å². The fourth-order valence-electron chi connectivity index (χ4n) is 3.44. The summed E-state index contributed by atoms with van der Waals surface area (Å²) in [5.74, 6) is 0.713. The Bertz CT molecular complexity index is 330. The predicted octanol–water partition coefficient (Wildman–Crippen LogP) is 1.48. The Kier molecular flexibility index (Phi) is 4.51. The molecule has 2 rings (SSSR count). The van der Waals surface area contributed by atoms with Gasteiger partial charge in [-0.3, -0.25) is 4.79 Å². The number of likely N-dealkylation sites (tertiary alicyclic amines) is 2. The monoisotopic (exact) mass is 268 g/mol. The summed E-state index contributed by atoms with van der Waals surface area (Å²) in [5.41, 5.74) is -0.100. The highest BCUT2D eigenvalue weighted by atomic mass is 16.3. The molecule has 0 aromatic rings. The van der Waals surface area contributed by atoms with Gasteiger partial charge in [0.15, 0.2) is 0 Å². The van der Waals surface area contributed by atoms with Crippen molar-refractivity contribution in [1.29, 1.82) is 0 Å². The number of carbonyl (C=O) groups excluding carboxylic acids is 1. The lowest BCUT2D eigenvalue weighted by Gasteiger charge is -2.45. The number of carbonyl (C=O) groups is 1. The molecule has 0 aliphatic carbocycles. The fourth-order valence-corrected chi connectivity index (χ4v) is 3.44. The maximum absolute atomic E-state index is 12.5. The second kappa shape index (κ2) is 5.80. The van der Waals surface area contributed by atoms with Crippen molar-refractivity contribution >= 4 is 5.91 Å². The quantitative estimate of drug-likeness (QED) is 0.825. The average molecular weight is 268 g/mol. The SMILES string of the molecule is CN1CCCC(CC(=O)N2CC(O)CCC2(C)C)C1. The maximum Gasteiger partial charge on any atom is 0.223 e. The van der Waals surface area contributed by atoms with E-state index >= 15 is 0 Å². The van der Waals surface area contributed by atoms with Gasteiger partial charge in [-0.05, 0) is 59.0 Å². The highest BCUT2D eigenvalue weighted by Crippen LogP contribution is 2.29. The van der Waals surface area contributed by atoms with E-state index in [9.17, 15) is 9.90 Å². The van der Waals surface area contributed by atoms with E-state index in [1.165, 1.54) is 6.42 Å². The summed E-state index contributed by atoms with van der Waals surface area (Å²) in [6.45, 7) is 6.92. The van der Waals surface area contributed by atoms with Crippen LogP contribution in [0.1, 0.15) is 46.0 Å². The van der Waals surface area contributed by atoms with Crippen molar-refractivity contribution in [3.05, 3.63) is 0 Å². The Morgan fingerprint density at radius 3 is 2.74 bits per heavy atom. The molecule has 2 aliphatic rings. The number of aliphatic hydroxyl groups excluding tert-OH is 1. The minimum atomic E-state index is -0.342. The molecule has 0 spiro atoms. The van der Waals surface area contributed by atoms with E-state index in [1.54, 1.807) is 0 Å². The minimum Gasteiger partial charge on any atom is -0.391 e. The van der Waals surface area contributed by atoms with Gasteiger partial charge in [-0.1, -0.05) is 0 Å². The Hall–Kier alpha value is -0.610. The summed E-state index contributed by atoms with van der Waals surface area (Å²) in [6.07, 6.45) is 4.35. The first-order chi connectivity index (χ1) is 8.88. The van der Waals surface area contributed by atoms with Gasteiger partial charge in [-0.25, -0.2) is 0 Å². The fraction of sp³-hybridized carbons (Fsp3) is 0.933. The van der Waals surface area contributed by atoms with Gasteiger partial charge < -0.3 is 14.9 Å². The summed E-state index contributed by atoms with van der Waals surface area (Å²) in [6, 6.07) is 0. The van der Waals surface area contributed by atoms with Crippen molar-refractivity contribution in [1.82, 2.24) is 9.80 Å². The van der Waals surface area contributed by atoms with Crippen LogP contribution < -0.4 is 0 Å². The molecule has 0 aromatic heterocycles. The van der Waals surface area contributed by atoms with Crippen molar-refractivity contribution in [3.63, 3.8) is 0 Å². The highest BCUT2D eigenvalue weighted by molar-refractivity contribution is 5.77. The van der Waals surface area contributed by atoms with Crippen molar-refractivity contribution in [2.45, 2.75) is 57.6 Å². The van der Waals surface area contributed by atoms with Gasteiger partial charge in [0.2, 0.25) is 5.91 Å². The van der Waals surface area contributed by atoms with Gasteiger partial charge in [-0.2, -0.15) is 0 Å². The van der Waals surface area contributed by atoms with Crippen molar-refractivity contribution in [2.24, 2.45) is 5.92 Å². The van der Waals surface area contributed by atoms with Crippen LogP contribution in [0.15, 0.2) is 0 Å². The number of amides is 1. The molecule has 2 unspecified atom stereocenters. The highest BCUT2D eigenvalue weighted by Gasteiger charge is 2.37. The number of aliphatic hydroxyl groups is 1. The molecule has 0 bridgehead atoms. The van der Waals surface area contributed by atoms with E-state index in [0.717, 1.165) is 32.4 Å². The summed E-state index contributed by atoms with van der Waals surface area (Å²) < 4.78 is 0. The minimum absolute atomic E-state index is 0.100. The van der Waals surface area contributed by atoms with Crippen LogP contribution in [-0.2, 0) is 4.79 Å². The molecular formula is C15H28N2O2. The number of rotatable bonds is 2. The van der Waals surface area contributed by atoms with Gasteiger partial charge >= 0.3 is 0 Å². The van der Waals surface area contributed by atoms with Crippen LogP contribution >= 0.6 is 0 Å². The molecule has 0 saturated carbocycles. The molecule has 19 heavy (non-hydrogen) atoms. The van der Waals surface area contributed by atoms with Gasteiger partial charge in [0.1, 0.15) is 0 Å². The second-order valence-corrected chi connectivity index (χ2v) is 6.98. The smallest absolute Gasteiger partial charge is 0.223 e. The average Bonchev–Trinajstić information content (AvgIpc) is 2.32. The Morgan fingerprint density at radius 2 is 2.05 bits per heavy atom. The van der Waals surface area contributed by atoms with Crippen LogP contribution in [0, 0.1) is 5.92 Å². The van der Waals surface area contributed by atoms with Crippen LogP contribution in [0.4, 0.5) is 0 Å². The third-order valence-corrected chi connectivity index (χ3v) is 4.70. The number of piperidine rings is 2. The number of nitrogens with zero attached hydrogens (tertiary/aromatic N) is 2. The van der Waals surface area contributed by atoms with Crippen LogP contribution in [-0.4, -0.2) is 59.1 Å². The molecule has 2 fully saturated rings. The van der Waals surface area contributed by atoms with Crippen LogP contribution in [0.3, 0.4) is 0 Å². The van der Waals surface area contributed by atoms with E-state index in [4.69, 9.17) is 0 Å². The van der Waals surface area contributed by atoms with Crippen molar-refractivity contribution in [2.75, 3.05) is 26.7 Å². The third-order valence-electron chi connectivity index (χ3n) is 4.70. The predicted molar refractivity (Wildman–Crippen MR) is 75.9 cm³/mol. The molecule has 2 heterocycles. The zero-order valence-corrected chi connectivity index (χ0v) is 12.6.